The number of halogens is 1. The second-order valence-corrected chi connectivity index (χ2v) is 10.0. The minimum absolute atomic E-state index is 0.160. The van der Waals surface area contributed by atoms with Crippen LogP contribution in [0.25, 0.3) is 0 Å². The van der Waals surface area contributed by atoms with Crippen LogP contribution in [0.4, 0.5) is 5.95 Å². The van der Waals surface area contributed by atoms with Crippen LogP contribution >= 0.6 is 23.4 Å². The molecule has 1 aromatic heterocycles. The summed E-state index contributed by atoms with van der Waals surface area (Å²) in [5, 5.41) is 9.65. The molecule has 1 aliphatic carbocycles. The van der Waals surface area contributed by atoms with Crippen LogP contribution in [0.2, 0.25) is 5.02 Å². The summed E-state index contributed by atoms with van der Waals surface area (Å²) in [6.07, 6.45) is 4.46. The molecule has 0 saturated carbocycles. The molecule has 0 spiro atoms. The Bertz CT molecular complexity index is 1220. The molecule has 0 amide bonds. The van der Waals surface area contributed by atoms with Gasteiger partial charge in [0, 0.05) is 34.0 Å². The number of hydrogen-bond acceptors (Lipinski definition) is 6. The van der Waals surface area contributed by atoms with Crippen molar-refractivity contribution >= 4 is 35.1 Å². The normalized spacial score (nSPS) is 17.2. The molecule has 2 aromatic carbocycles. The Morgan fingerprint density at radius 1 is 1.18 bits per heavy atom. The van der Waals surface area contributed by atoms with Crippen molar-refractivity contribution in [1.29, 1.82) is 0 Å². The predicted octanol–water partition coefficient (Wildman–Crippen LogP) is 6.42. The van der Waals surface area contributed by atoms with Crippen molar-refractivity contribution in [2.45, 2.75) is 56.8 Å². The maximum atomic E-state index is 13.1. The number of benzene rings is 2. The van der Waals surface area contributed by atoms with Crippen molar-refractivity contribution in [3.05, 3.63) is 76.0 Å². The van der Waals surface area contributed by atoms with E-state index in [1.807, 2.05) is 53.2 Å². The molecule has 2 aliphatic rings. The van der Waals surface area contributed by atoms with E-state index in [1.54, 1.807) is 11.8 Å². The number of carbonyl (C=O) groups is 1. The van der Waals surface area contributed by atoms with E-state index < -0.39 is 0 Å². The zero-order valence-electron chi connectivity index (χ0n) is 19.1. The molecule has 0 bridgehead atoms. The number of anilines is 1. The summed E-state index contributed by atoms with van der Waals surface area (Å²) in [5.74, 6) is 2.55. The molecular formula is C26H27ClN4O2S. The number of hydrogen-bond donors (Lipinski definition) is 1. The van der Waals surface area contributed by atoms with Gasteiger partial charge in [-0.3, -0.25) is 4.79 Å². The molecule has 1 N–H and O–H groups in total. The Morgan fingerprint density at radius 2 is 2.00 bits per heavy atom. The van der Waals surface area contributed by atoms with Crippen LogP contribution in [0.1, 0.15) is 56.2 Å². The van der Waals surface area contributed by atoms with Gasteiger partial charge in [-0.2, -0.15) is 4.98 Å². The number of rotatable bonds is 8. The minimum atomic E-state index is -0.367. The average Bonchev–Trinajstić information content (AvgIpc) is 3.25. The molecule has 0 radical (unpaired) electrons. The number of fused-ring (bicyclic) bond motifs is 1. The van der Waals surface area contributed by atoms with Crippen molar-refractivity contribution in [3.63, 3.8) is 0 Å². The fourth-order valence-electron chi connectivity index (χ4n) is 4.37. The van der Waals surface area contributed by atoms with Crippen molar-refractivity contribution < 1.29 is 9.53 Å². The first kappa shape index (κ1) is 23.0. The van der Waals surface area contributed by atoms with Crippen molar-refractivity contribution in [1.82, 2.24) is 14.8 Å². The monoisotopic (exact) mass is 494 g/mol. The Balaban J connectivity index is 1.51. The highest BCUT2D eigenvalue weighted by molar-refractivity contribution is 7.99. The zero-order chi connectivity index (χ0) is 23.5. The summed E-state index contributed by atoms with van der Waals surface area (Å²) >= 11 is 7.68. The number of nitrogens with one attached hydrogen (secondary N) is 1. The number of para-hydroxylation sites is 1. The molecule has 2 heterocycles. The van der Waals surface area contributed by atoms with Gasteiger partial charge in [-0.05, 0) is 43.0 Å². The molecule has 176 valence electrons. The number of carbonyl (C=O) groups excluding carboxylic acids is 1. The fourth-order valence-corrected chi connectivity index (χ4v) is 5.41. The summed E-state index contributed by atoms with van der Waals surface area (Å²) in [4.78, 5) is 17.9. The molecule has 3 aromatic rings. The molecule has 8 heteroatoms. The first-order chi connectivity index (χ1) is 16.6. The van der Waals surface area contributed by atoms with Crippen LogP contribution in [0.15, 0.2) is 65.0 Å². The van der Waals surface area contributed by atoms with Crippen LogP contribution in [-0.2, 0) is 11.4 Å². The van der Waals surface area contributed by atoms with Gasteiger partial charge in [-0.15, -0.1) is 5.10 Å². The number of unbranched alkanes of at least 4 members (excludes halogenated alkanes) is 1. The predicted molar refractivity (Wildman–Crippen MR) is 136 cm³/mol. The third-order valence-corrected chi connectivity index (χ3v) is 7.27. The number of nitrogens with zero attached hydrogens (tertiary/aromatic N) is 3. The van der Waals surface area contributed by atoms with Crippen LogP contribution in [0, 0.1) is 0 Å². The van der Waals surface area contributed by atoms with Crippen LogP contribution in [0.3, 0.4) is 0 Å². The summed E-state index contributed by atoms with van der Waals surface area (Å²) in [7, 11) is 0. The Labute approximate surface area is 208 Å². The van der Waals surface area contributed by atoms with Crippen molar-refractivity contribution in [2.24, 2.45) is 0 Å². The molecule has 1 unspecified atom stereocenters. The first-order valence-corrected chi connectivity index (χ1v) is 13.1. The topological polar surface area (TPSA) is 69.0 Å². The standard InChI is InChI=1S/C26H27ClN4O2S/c1-2-3-15-34-26-29-25-28-20-8-6-9-21(32)23(20)24(31(25)30-26)19-7-4-5-10-22(19)33-16-17-11-13-18(27)14-12-17/h4-5,7,10-14,24H,2-3,6,8-9,15-16H2,1H3,(H,28,29,30). The number of Topliss-reactive ketones (excluding diaryl/α,β-unsaturated/α-hetero) is 1. The summed E-state index contributed by atoms with van der Waals surface area (Å²) < 4.78 is 8.13. The van der Waals surface area contributed by atoms with E-state index in [4.69, 9.17) is 26.4 Å². The van der Waals surface area contributed by atoms with Gasteiger partial charge < -0.3 is 10.1 Å². The van der Waals surface area contributed by atoms with E-state index >= 15 is 0 Å². The number of allylic oxidation sites excluding steroid dienone is 2. The number of thioether (sulfide) groups is 1. The summed E-state index contributed by atoms with van der Waals surface area (Å²) in [6, 6.07) is 15.2. The van der Waals surface area contributed by atoms with Gasteiger partial charge in [0.15, 0.2) is 5.78 Å². The van der Waals surface area contributed by atoms with Gasteiger partial charge in [0.2, 0.25) is 11.1 Å². The lowest BCUT2D eigenvalue weighted by atomic mass is 9.85. The minimum Gasteiger partial charge on any atom is -0.489 e. The lowest BCUT2D eigenvalue weighted by Gasteiger charge is -2.32. The Hall–Kier alpha value is -2.77. The van der Waals surface area contributed by atoms with E-state index in [2.05, 4.69) is 12.2 Å². The van der Waals surface area contributed by atoms with Crippen LogP contribution < -0.4 is 10.1 Å². The number of ketones is 1. The highest BCUT2D eigenvalue weighted by Crippen LogP contribution is 2.43. The molecule has 1 atom stereocenters. The van der Waals surface area contributed by atoms with Gasteiger partial charge >= 0.3 is 0 Å². The van der Waals surface area contributed by atoms with Gasteiger partial charge in [-0.25, -0.2) is 4.68 Å². The van der Waals surface area contributed by atoms with E-state index in [1.165, 1.54) is 0 Å². The van der Waals surface area contributed by atoms with Gasteiger partial charge in [0.05, 0.1) is 0 Å². The summed E-state index contributed by atoms with van der Waals surface area (Å²) in [6.45, 7) is 2.58. The highest BCUT2D eigenvalue weighted by atomic mass is 35.5. The quantitative estimate of drug-likeness (QED) is 0.287. The molecule has 6 nitrogen and oxygen atoms in total. The maximum Gasteiger partial charge on any atom is 0.227 e. The Kier molecular flexibility index (Phi) is 6.92. The van der Waals surface area contributed by atoms with Crippen LogP contribution in [0.5, 0.6) is 5.75 Å². The second kappa shape index (κ2) is 10.2. The molecule has 34 heavy (non-hydrogen) atoms. The average molecular weight is 495 g/mol. The number of aromatic nitrogens is 3. The number of ether oxygens (including phenoxy) is 1. The highest BCUT2D eigenvalue weighted by Gasteiger charge is 2.38. The first-order valence-electron chi connectivity index (χ1n) is 11.7. The van der Waals surface area contributed by atoms with Gasteiger partial charge in [-0.1, -0.05) is 67.0 Å². The lowest BCUT2D eigenvalue weighted by Crippen LogP contribution is -2.31. The molecule has 1 aliphatic heterocycles. The van der Waals surface area contributed by atoms with Crippen LogP contribution in [-0.4, -0.2) is 26.3 Å². The van der Waals surface area contributed by atoms with E-state index in [0.29, 0.717) is 24.0 Å². The van der Waals surface area contributed by atoms with Gasteiger partial charge in [0.1, 0.15) is 18.4 Å². The SMILES string of the molecule is CCCCSc1nc2n(n1)C(c1ccccc1OCc1ccc(Cl)cc1)C1=C(CCCC1=O)N2. The third kappa shape index (κ3) is 4.72. The summed E-state index contributed by atoms with van der Waals surface area (Å²) in [5.41, 5.74) is 3.67. The third-order valence-electron chi connectivity index (χ3n) is 6.10. The molecular weight excluding hydrogens is 468 g/mol. The lowest BCUT2D eigenvalue weighted by molar-refractivity contribution is -0.116. The largest absolute Gasteiger partial charge is 0.489 e. The second-order valence-electron chi connectivity index (χ2n) is 8.51. The maximum absolute atomic E-state index is 13.1. The Morgan fingerprint density at radius 3 is 2.82 bits per heavy atom. The van der Waals surface area contributed by atoms with Crippen molar-refractivity contribution in [3.8, 4) is 5.75 Å². The molecule has 0 fully saturated rings. The fraction of sp³-hybridized carbons (Fsp3) is 0.346. The zero-order valence-corrected chi connectivity index (χ0v) is 20.7. The van der Waals surface area contributed by atoms with Crippen molar-refractivity contribution in [2.75, 3.05) is 11.1 Å². The van der Waals surface area contributed by atoms with E-state index in [9.17, 15) is 4.79 Å². The molecule has 5 rings (SSSR count). The smallest absolute Gasteiger partial charge is 0.227 e. The molecule has 0 saturated heterocycles. The van der Waals surface area contributed by atoms with E-state index in [0.717, 1.165) is 64.7 Å². The van der Waals surface area contributed by atoms with Gasteiger partial charge in [0.25, 0.3) is 0 Å². The van der Waals surface area contributed by atoms with E-state index in [-0.39, 0.29) is 11.8 Å².